The van der Waals surface area contributed by atoms with Crippen LogP contribution in [0.4, 0.5) is 0 Å². The molecule has 0 aliphatic heterocycles. The van der Waals surface area contributed by atoms with E-state index in [1.807, 2.05) is 6.08 Å². The van der Waals surface area contributed by atoms with Crippen molar-refractivity contribution >= 4 is 8.32 Å². The number of nitrogens with zero attached hydrogens (tertiary/aromatic N) is 1. The Morgan fingerprint density at radius 1 is 1.36 bits per heavy atom. The molecule has 0 bridgehead atoms. The molecule has 3 heteroatoms. The van der Waals surface area contributed by atoms with Crippen molar-refractivity contribution in [1.82, 2.24) is 4.90 Å². The molecule has 0 amide bonds. The first kappa shape index (κ1) is 13.9. The highest BCUT2D eigenvalue weighted by Gasteiger charge is 2.15. The molecule has 0 spiro atoms. The summed E-state index contributed by atoms with van der Waals surface area (Å²) in [5.74, 6) is 0. The number of hydrogen-bond acceptors (Lipinski definition) is 2. The van der Waals surface area contributed by atoms with E-state index in [2.05, 4.69) is 38.0 Å². The maximum atomic E-state index is 5.86. The van der Waals surface area contributed by atoms with Crippen molar-refractivity contribution in [2.45, 2.75) is 39.4 Å². The Morgan fingerprint density at radius 3 is 2.43 bits per heavy atom. The summed E-state index contributed by atoms with van der Waals surface area (Å²) in [6.07, 6.45) is 4.42. The van der Waals surface area contributed by atoms with Crippen LogP contribution in [0.3, 0.4) is 0 Å². The lowest BCUT2D eigenvalue weighted by molar-refractivity contribution is 0.131. The van der Waals surface area contributed by atoms with Gasteiger partial charge in [0.05, 0.1) is 6.73 Å². The number of unbranched alkanes of at least 4 members (excludes halogenated alkanes) is 1. The SMILES string of the molecule is C=CCN(CCCC)CO[Si](C)(C)C. The van der Waals surface area contributed by atoms with Crippen molar-refractivity contribution in [3.8, 4) is 0 Å². The highest BCUT2D eigenvalue weighted by Crippen LogP contribution is 2.04. The van der Waals surface area contributed by atoms with Crippen molar-refractivity contribution < 1.29 is 4.43 Å². The van der Waals surface area contributed by atoms with Crippen LogP contribution in [0.2, 0.25) is 19.6 Å². The van der Waals surface area contributed by atoms with Gasteiger partial charge in [-0.2, -0.15) is 0 Å². The Morgan fingerprint density at radius 2 is 2.00 bits per heavy atom. The van der Waals surface area contributed by atoms with Gasteiger partial charge in [0, 0.05) is 13.1 Å². The van der Waals surface area contributed by atoms with E-state index in [9.17, 15) is 0 Å². The summed E-state index contributed by atoms with van der Waals surface area (Å²) in [5, 5.41) is 0. The molecule has 14 heavy (non-hydrogen) atoms. The van der Waals surface area contributed by atoms with Crippen LogP contribution in [0, 0.1) is 0 Å². The van der Waals surface area contributed by atoms with Crippen molar-refractivity contribution in [2.24, 2.45) is 0 Å². The van der Waals surface area contributed by atoms with Crippen molar-refractivity contribution in [1.29, 1.82) is 0 Å². The van der Waals surface area contributed by atoms with E-state index < -0.39 is 8.32 Å². The third kappa shape index (κ3) is 8.47. The Bertz CT molecular complexity index is 154. The van der Waals surface area contributed by atoms with Gasteiger partial charge in [-0.25, -0.2) is 0 Å². The van der Waals surface area contributed by atoms with Crippen LogP contribution in [-0.2, 0) is 4.43 Å². The summed E-state index contributed by atoms with van der Waals surface area (Å²) in [7, 11) is -1.36. The van der Waals surface area contributed by atoms with Crippen molar-refractivity contribution in [3.05, 3.63) is 12.7 Å². The monoisotopic (exact) mass is 215 g/mol. The van der Waals surface area contributed by atoms with Gasteiger partial charge in [-0.15, -0.1) is 6.58 Å². The van der Waals surface area contributed by atoms with Gasteiger partial charge in [-0.05, 0) is 26.1 Å². The second kappa shape index (κ2) is 7.21. The minimum absolute atomic E-state index is 0.766. The van der Waals surface area contributed by atoms with Crippen LogP contribution in [0.15, 0.2) is 12.7 Å². The zero-order valence-corrected chi connectivity index (χ0v) is 11.2. The fourth-order valence-electron chi connectivity index (χ4n) is 1.06. The second-order valence-electron chi connectivity index (χ2n) is 4.61. The highest BCUT2D eigenvalue weighted by molar-refractivity contribution is 6.69. The maximum Gasteiger partial charge on any atom is 0.185 e. The van der Waals surface area contributed by atoms with Gasteiger partial charge >= 0.3 is 0 Å². The van der Waals surface area contributed by atoms with E-state index in [1.54, 1.807) is 0 Å². The van der Waals surface area contributed by atoms with E-state index in [1.165, 1.54) is 12.8 Å². The molecule has 0 saturated carbocycles. The Balaban J connectivity index is 3.77. The standard InChI is InChI=1S/C11H25NOSi/c1-6-8-10-12(9-7-2)11-13-14(3,4)5/h7H,2,6,8-11H2,1,3-5H3. The molecule has 0 aliphatic carbocycles. The molecule has 0 aromatic carbocycles. The van der Waals surface area contributed by atoms with Gasteiger partial charge in [0.15, 0.2) is 8.32 Å². The normalized spacial score (nSPS) is 12.1. The van der Waals surface area contributed by atoms with Crippen LogP contribution in [-0.4, -0.2) is 33.0 Å². The fourth-order valence-corrected chi connectivity index (χ4v) is 1.63. The average Bonchev–Trinajstić information content (AvgIpc) is 2.08. The van der Waals surface area contributed by atoms with Gasteiger partial charge in [0.25, 0.3) is 0 Å². The smallest absolute Gasteiger partial charge is 0.185 e. The van der Waals surface area contributed by atoms with E-state index in [0.29, 0.717) is 0 Å². The molecule has 0 atom stereocenters. The topological polar surface area (TPSA) is 12.5 Å². The van der Waals surface area contributed by atoms with Gasteiger partial charge in [-0.3, -0.25) is 4.90 Å². The van der Waals surface area contributed by atoms with Gasteiger partial charge in [0.2, 0.25) is 0 Å². The van der Waals surface area contributed by atoms with Crippen LogP contribution in [0.5, 0.6) is 0 Å². The molecule has 0 saturated heterocycles. The summed E-state index contributed by atoms with van der Waals surface area (Å²) in [5.41, 5.74) is 0. The summed E-state index contributed by atoms with van der Waals surface area (Å²) >= 11 is 0. The second-order valence-corrected chi connectivity index (χ2v) is 9.12. The third-order valence-electron chi connectivity index (χ3n) is 1.90. The summed E-state index contributed by atoms with van der Waals surface area (Å²) in [6, 6.07) is 0. The first-order chi connectivity index (χ1) is 6.49. The van der Waals surface area contributed by atoms with E-state index in [0.717, 1.165) is 19.8 Å². The largest absolute Gasteiger partial charge is 0.405 e. The Hall–Kier alpha value is -0.123. The zero-order valence-electron chi connectivity index (χ0n) is 10.2. The lowest BCUT2D eigenvalue weighted by atomic mass is 10.3. The molecular weight excluding hydrogens is 190 g/mol. The van der Waals surface area contributed by atoms with Crippen LogP contribution in [0.25, 0.3) is 0 Å². The van der Waals surface area contributed by atoms with Crippen molar-refractivity contribution in [2.75, 3.05) is 19.8 Å². The van der Waals surface area contributed by atoms with E-state index >= 15 is 0 Å². The quantitative estimate of drug-likeness (QED) is 0.350. The molecule has 0 rings (SSSR count). The Labute approximate surface area is 90.1 Å². The molecule has 0 radical (unpaired) electrons. The van der Waals surface area contributed by atoms with Gasteiger partial charge < -0.3 is 4.43 Å². The summed E-state index contributed by atoms with van der Waals surface area (Å²) in [6.45, 7) is 15.5. The van der Waals surface area contributed by atoms with E-state index in [4.69, 9.17) is 4.43 Å². The minimum Gasteiger partial charge on any atom is -0.405 e. The van der Waals surface area contributed by atoms with E-state index in [-0.39, 0.29) is 0 Å². The molecule has 0 aromatic heterocycles. The minimum atomic E-state index is -1.36. The lowest BCUT2D eigenvalue weighted by Gasteiger charge is -2.25. The van der Waals surface area contributed by atoms with Crippen molar-refractivity contribution in [3.63, 3.8) is 0 Å². The molecule has 0 N–H and O–H groups in total. The van der Waals surface area contributed by atoms with Gasteiger partial charge in [-0.1, -0.05) is 19.4 Å². The first-order valence-electron chi connectivity index (χ1n) is 5.47. The number of rotatable bonds is 8. The number of hydrogen-bond donors (Lipinski definition) is 0. The van der Waals surface area contributed by atoms with Crippen LogP contribution in [0.1, 0.15) is 19.8 Å². The summed E-state index contributed by atoms with van der Waals surface area (Å²) < 4.78 is 5.86. The molecular formula is C11H25NOSi. The molecule has 84 valence electrons. The Kier molecular flexibility index (Phi) is 7.14. The fraction of sp³-hybridized carbons (Fsp3) is 0.818. The lowest BCUT2D eigenvalue weighted by Crippen LogP contribution is -2.35. The van der Waals surface area contributed by atoms with Crippen LogP contribution >= 0.6 is 0 Å². The molecule has 0 fully saturated rings. The predicted molar refractivity (Wildman–Crippen MR) is 66.0 cm³/mol. The highest BCUT2D eigenvalue weighted by atomic mass is 28.4. The molecule has 0 aromatic rings. The van der Waals surface area contributed by atoms with Crippen LogP contribution < -0.4 is 0 Å². The molecule has 0 heterocycles. The molecule has 0 aliphatic rings. The zero-order chi connectivity index (χ0) is 11.0. The molecule has 0 unspecified atom stereocenters. The maximum absolute atomic E-state index is 5.86. The predicted octanol–water partition coefficient (Wildman–Crippen LogP) is 3.08. The summed E-state index contributed by atoms with van der Waals surface area (Å²) in [4.78, 5) is 2.31. The third-order valence-corrected chi connectivity index (χ3v) is 2.89. The average molecular weight is 215 g/mol. The van der Waals surface area contributed by atoms with Gasteiger partial charge in [0.1, 0.15) is 0 Å². The molecule has 2 nitrogen and oxygen atoms in total. The first-order valence-corrected chi connectivity index (χ1v) is 8.87.